The van der Waals surface area contributed by atoms with Gasteiger partial charge in [0.1, 0.15) is 6.07 Å². The molecule has 5 aliphatic rings. The van der Waals surface area contributed by atoms with Crippen LogP contribution < -0.4 is 5.32 Å². The molecule has 0 aromatic carbocycles. The Morgan fingerprint density at radius 3 is 2.25 bits per heavy atom. The number of hydrogen-bond donors (Lipinski definition) is 1. The van der Waals surface area contributed by atoms with Gasteiger partial charge in [0.2, 0.25) is 0 Å². The highest BCUT2D eigenvalue weighted by Crippen LogP contribution is 2.73. The standard InChI is InChI=1S/C33H44F2N2O3/c1-27(2)11-13-33(37-26(40)32(8,34)35)14-12-31(7)24(20(33)17-27)21(38)15-23-29(5)16-19(18-36)25(39)28(3,4)22(29)9-10-30(23,31)6/h15-16,20,22,24H,9-14,17H2,1-8H3,(H,37,40)/t20-,22+,24-,29+,30-,31-,33+/m1/s1. The van der Waals surface area contributed by atoms with Crippen LogP contribution in [0.15, 0.2) is 23.3 Å². The summed E-state index contributed by atoms with van der Waals surface area (Å²) in [6.07, 6.45) is 8.42. The van der Waals surface area contributed by atoms with E-state index in [0.717, 1.165) is 24.8 Å². The SMILES string of the molecule is CC1(C)CC[C@]2(NC(=O)C(C)(F)F)CC[C@]3(C)[C@@H](C(=O)C=C4[C@@]5(C)C=C(C#N)C(=O)C(C)(C)[C@@H]5CC[C@]43C)[C@H]2C1. The topological polar surface area (TPSA) is 87.0 Å². The number of ketones is 2. The highest BCUT2D eigenvalue weighted by Gasteiger charge is 2.70. The van der Waals surface area contributed by atoms with Crippen LogP contribution >= 0.6 is 0 Å². The van der Waals surface area contributed by atoms with Gasteiger partial charge in [0, 0.05) is 29.2 Å². The van der Waals surface area contributed by atoms with Crippen LogP contribution in [0.25, 0.3) is 0 Å². The molecule has 0 unspecified atom stereocenters. The van der Waals surface area contributed by atoms with Crippen LogP contribution in [0, 0.1) is 56.2 Å². The van der Waals surface area contributed by atoms with Crippen LogP contribution in [-0.2, 0) is 14.4 Å². The van der Waals surface area contributed by atoms with Gasteiger partial charge in [0.05, 0.1) is 5.57 Å². The van der Waals surface area contributed by atoms with Crippen molar-refractivity contribution in [3.05, 3.63) is 23.3 Å². The number of allylic oxidation sites excluding steroid dienone is 4. The summed E-state index contributed by atoms with van der Waals surface area (Å²) in [7, 11) is 0. The third kappa shape index (κ3) is 3.69. The average Bonchev–Trinajstić information content (AvgIpc) is 2.83. The maximum absolute atomic E-state index is 14.4. The summed E-state index contributed by atoms with van der Waals surface area (Å²) in [6.45, 7) is 15.3. The van der Waals surface area contributed by atoms with E-state index in [9.17, 15) is 28.4 Å². The van der Waals surface area contributed by atoms with E-state index in [-0.39, 0.29) is 34.4 Å². The molecular weight excluding hydrogens is 510 g/mol. The number of nitrogens with zero attached hydrogens (tertiary/aromatic N) is 1. The van der Waals surface area contributed by atoms with Gasteiger partial charge >= 0.3 is 5.92 Å². The average molecular weight is 555 g/mol. The zero-order valence-corrected chi connectivity index (χ0v) is 25.3. The Kier molecular flexibility index (Phi) is 6.09. The smallest absolute Gasteiger partial charge is 0.321 e. The van der Waals surface area contributed by atoms with Gasteiger partial charge in [-0.15, -0.1) is 0 Å². The van der Waals surface area contributed by atoms with Crippen LogP contribution in [0.4, 0.5) is 8.78 Å². The number of alkyl halides is 2. The highest BCUT2D eigenvalue weighted by molar-refractivity contribution is 6.04. The van der Waals surface area contributed by atoms with Gasteiger partial charge in [-0.25, -0.2) is 0 Å². The predicted octanol–water partition coefficient (Wildman–Crippen LogP) is 6.73. The Balaban J connectivity index is 1.67. The summed E-state index contributed by atoms with van der Waals surface area (Å²) in [5.41, 5.74) is -1.98. The second-order valence-electron chi connectivity index (χ2n) is 15.8. The van der Waals surface area contributed by atoms with Crippen molar-refractivity contribution in [3.63, 3.8) is 0 Å². The second kappa shape index (κ2) is 8.35. The number of halogens is 2. The minimum atomic E-state index is -3.49. The van der Waals surface area contributed by atoms with Gasteiger partial charge in [0.15, 0.2) is 11.6 Å². The molecule has 0 spiro atoms. The maximum atomic E-state index is 14.4. The summed E-state index contributed by atoms with van der Waals surface area (Å²) in [4.78, 5) is 40.3. The van der Waals surface area contributed by atoms with Gasteiger partial charge in [-0.05, 0) is 79.1 Å². The molecule has 7 atom stereocenters. The van der Waals surface area contributed by atoms with Gasteiger partial charge in [-0.3, -0.25) is 14.4 Å². The minimum absolute atomic E-state index is 0.0113. The quantitative estimate of drug-likeness (QED) is 0.410. The van der Waals surface area contributed by atoms with Crippen LogP contribution in [-0.4, -0.2) is 28.9 Å². The molecule has 1 amide bonds. The first kappa shape index (κ1) is 29.1. The lowest BCUT2D eigenvalue weighted by Gasteiger charge is -2.69. The highest BCUT2D eigenvalue weighted by atomic mass is 19.3. The van der Waals surface area contributed by atoms with E-state index in [0.29, 0.717) is 32.6 Å². The van der Waals surface area contributed by atoms with Crippen molar-refractivity contribution in [2.24, 2.45) is 44.8 Å². The van der Waals surface area contributed by atoms with Crippen LogP contribution in [0.1, 0.15) is 100 Å². The van der Waals surface area contributed by atoms with Crippen molar-refractivity contribution in [1.29, 1.82) is 5.26 Å². The molecule has 5 nitrogen and oxygen atoms in total. The van der Waals surface area contributed by atoms with Gasteiger partial charge in [0.25, 0.3) is 5.91 Å². The third-order valence-corrected chi connectivity index (χ3v) is 12.6. The zero-order valence-electron chi connectivity index (χ0n) is 25.3. The number of nitriles is 1. The van der Waals surface area contributed by atoms with Crippen molar-refractivity contribution >= 4 is 17.5 Å². The molecule has 0 aromatic rings. The molecule has 1 N–H and O–H groups in total. The zero-order chi connectivity index (χ0) is 29.9. The van der Waals surface area contributed by atoms with Crippen molar-refractivity contribution in [2.45, 2.75) is 112 Å². The molecule has 3 saturated carbocycles. The molecule has 0 aromatic heterocycles. The van der Waals surface area contributed by atoms with E-state index in [4.69, 9.17) is 0 Å². The first-order chi connectivity index (χ1) is 18.2. The Labute approximate surface area is 237 Å². The lowest BCUT2D eigenvalue weighted by atomic mass is 9.35. The van der Waals surface area contributed by atoms with E-state index in [2.05, 4.69) is 46.0 Å². The van der Waals surface area contributed by atoms with Crippen molar-refractivity contribution < 1.29 is 23.2 Å². The van der Waals surface area contributed by atoms with Gasteiger partial charge in [-0.2, -0.15) is 14.0 Å². The molecule has 0 radical (unpaired) electrons. The molecular formula is C33H44F2N2O3. The van der Waals surface area contributed by atoms with Crippen LogP contribution in [0.5, 0.6) is 0 Å². The number of amides is 1. The van der Waals surface area contributed by atoms with Crippen molar-refractivity contribution in [3.8, 4) is 6.07 Å². The summed E-state index contributed by atoms with van der Waals surface area (Å²) < 4.78 is 28.3. The minimum Gasteiger partial charge on any atom is -0.345 e. The Bertz CT molecular complexity index is 1300. The van der Waals surface area contributed by atoms with Crippen molar-refractivity contribution in [2.75, 3.05) is 0 Å². The molecule has 5 rings (SSSR count). The van der Waals surface area contributed by atoms with E-state index in [1.807, 2.05) is 19.9 Å². The Hall–Kier alpha value is -2.36. The van der Waals surface area contributed by atoms with Gasteiger partial charge in [-0.1, -0.05) is 60.1 Å². The molecule has 0 aliphatic heterocycles. The number of Topliss-reactive ketones (excluding diaryl/α,β-unsaturated/α-hetero) is 1. The monoisotopic (exact) mass is 554 g/mol. The van der Waals surface area contributed by atoms with E-state index < -0.39 is 44.9 Å². The Morgan fingerprint density at radius 2 is 1.65 bits per heavy atom. The number of nitrogens with one attached hydrogen (secondary N) is 1. The van der Waals surface area contributed by atoms with Crippen LogP contribution in [0.2, 0.25) is 0 Å². The fourth-order valence-corrected chi connectivity index (χ4v) is 10.2. The Morgan fingerprint density at radius 1 is 1.02 bits per heavy atom. The number of carbonyl (C=O) groups is 3. The summed E-state index contributed by atoms with van der Waals surface area (Å²) in [5.74, 6) is -5.62. The fraction of sp³-hybridized carbons (Fsp3) is 0.758. The number of fused-ring (bicyclic) bond motifs is 7. The lowest BCUT2D eigenvalue weighted by molar-refractivity contribution is -0.168. The van der Waals surface area contributed by atoms with E-state index in [1.54, 1.807) is 6.08 Å². The number of rotatable bonds is 2. The molecule has 0 bridgehead atoms. The molecule has 0 saturated heterocycles. The third-order valence-electron chi connectivity index (χ3n) is 12.6. The summed E-state index contributed by atoms with van der Waals surface area (Å²) in [5, 5.41) is 12.7. The van der Waals surface area contributed by atoms with Gasteiger partial charge < -0.3 is 5.32 Å². The number of hydrogen-bond acceptors (Lipinski definition) is 4. The second-order valence-corrected chi connectivity index (χ2v) is 15.8. The predicted molar refractivity (Wildman–Crippen MR) is 148 cm³/mol. The first-order valence-electron chi connectivity index (χ1n) is 14.8. The summed E-state index contributed by atoms with van der Waals surface area (Å²) in [6, 6.07) is 2.13. The van der Waals surface area contributed by atoms with Crippen LogP contribution in [0.3, 0.4) is 0 Å². The summed E-state index contributed by atoms with van der Waals surface area (Å²) >= 11 is 0. The first-order valence-corrected chi connectivity index (χ1v) is 14.8. The van der Waals surface area contributed by atoms with E-state index >= 15 is 0 Å². The molecule has 3 fully saturated rings. The van der Waals surface area contributed by atoms with E-state index in [1.165, 1.54) is 0 Å². The molecule has 40 heavy (non-hydrogen) atoms. The fourth-order valence-electron chi connectivity index (χ4n) is 10.2. The molecule has 5 aliphatic carbocycles. The van der Waals surface area contributed by atoms with Crippen molar-refractivity contribution in [1.82, 2.24) is 5.32 Å². The lowest BCUT2D eigenvalue weighted by Crippen LogP contribution is -2.70. The maximum Gasteiger partial charge on any atom is 0.321 e. The normalized spacial score (nSPS) is 43.6. The number of carbonyl (C=O) groups excluding carboxylic acids is 3. The molecule has 7 heteroatoms. The molecule has 0 heterocycles. The molecule has 218 valence electrons. The largest absolute Gasteiger partial charge is 0.345 e.